The molecule has 2 heterocycles. The number of benzene rings is 1. The first-order chi connectivity index (χ1) is 10.1. The van der Waals surface area contributed by atoms with E-state index in [0.717, 1.165) is 6.20 Å². The van der Waals surface area contributed by atoms with Gasteiger partial charge in [0.1, 0.15) is 23.9 Å². The number of hydrogen-bond donors (Lipinski definition) is 0. The minimum atomic E-state index is -1.08. The van der Waals surface area contributed by atoms with Gasteiger partial charge in [-0.25, -0.2) is 9.37 Å². The second-order valence-electron chi connectivity index (χ2n) is 4.52. The summed E-state index contributed by atoms with van der Waals surface area (Å²) in [6.07, 6.45) is 0.336. The lowest BCUT2D eigenvalue weighted by Crippen LogP contribution is -2.11. The molecule has 0 N–H and O–H groups in total. The second kappa shape index (κ2) is 5.35. The standard InChI is InChI=1S/C14H11FN2O4/c15-12-5-6-20-13-3-2-10(7-11(12)13)21-14-4-1-9(8-16-14)17(18)19/h1-4,7-8,12H,5-6H2. The Labute approximate surface area is 119 Å². The van der Waals surface area contributed by atoms with Crippen LogP contribution in [0.3, 0.4) is 0 Å². The van der Waals surface area contributed by atoms with Gasteiger partial charge in [0.25, 0.3) is 5.69 Å². The molecule has 0 amide bonds. The Balaban J connectivity index is 1.81. The van der Waals surface area contributed by atoms with Crippen LogP contribution in [0.25, 0.3) is 0 Å². The molecule has 3 rings (SSSR count). The lowest BCUT2D eigenvalue weighted by atomic mass is 10.0. The van der Waals surface area contributed by atoms with E-state index in [1.807, 2.05) is 0 Å². The number of rotatable bonds is 3. The second-order valence-corrected chi connectivity index (χ2v) is 4.52. The van der Waals surface area contributed by atoms with E-state index in [4.69, 9.17) is 9.47 Å². The Morgan fingerprint density at radius 2 is 2.24 bits per heavy atom. The van der Waals surface area contributed by atoms with E-state index in [-0.39, 0.29) is 11.6 Å². The summed E-state index contributed by atoms with van der Waals surface area (Å²) in [6, 6.07) is 7.52. The number of aromatic nitrogens is 1. The number of nitrogens with zero attached hydrogens (tertiary/aromatic N) is 2. The quantitative estimate of drug-likeness (QED) is 0.638. The number of fused-ring (bicyclic) bond motifs is 1. The van der Waals surface area contributed by atoms with E-state index in [1.165, 1.54) is 12.1 Å². The van der Waals surface area contributed by atoms with Gasteiger partial charge in [0.2, 0.25) is 5.88 Å². The molecule has 1 atom stereocenters. The van der Waals surface area contributed by atoms with Gasteiger partial charge >= 0.3 is 0 Å². The number of nitro groups is 1. The molecule has 1 aliphatic heterocycles. The molecule has 1 aromatic heterocycles. The number of halogens is 1. The normalized spacial score (nSPS) is 16.7. The van der Waals surface area contributed by atoms with Gasteiger partial charge in [0.15, 0.2) is 0 Å². The van der Waals surface area contributed by atoms with Crippen LogP contribution in [0.4, 0.5) is 10.1 Å². The largest absolute Gasteiger partial charge is 0.493 e. The van der Waals surface area contributed by atoms with Crippen LogP contribution in [0, 0.1) is 10.1 Å². The summed E-state index contributed by atoms with van der Waals surface area (Å²) < 4.78 is 24.6. The number of alkyl halides is 1. The highest BCUT2D eigenvalue weighted by Gasteiger charge is 2.21. The monoisotopic (exact) mass is 290 g/mol. The molecular formula is C14H11FN2O4. The summed E-state index contributed by atoms with van der Waals surface area (Å²) in [7, 11) is 0. The Morgan fingerprint density at radius 3 is 2.95 bits per heavy atom. The van der Waals surface area contributed by atoms with Gasteiger partial charge in [0, 0.05) is 24.1 Å². The topological polar surface area (TPSA) is 74.5 Å². The molecule has 1 aromatic carbocycles. The maximum Gasteiger partial charge on any atom is 0.287 e. The fourth-order valence-electron chi connectivity index (χ4n) is 2.06. The van der Waals surface area contributed by atoms with Crippen molar-refractivity contribution in [3.8, 4) is 17.4 Å². The summed E-state index contributed by atoms with van der Waals surface area (Å²) in [5.74, 6) is 1.12. The third-order valence-electron chi connectivity index (χ3n) is 3.10. The Bertz CT molecular complexity index is 675. The van der Waals surface area contributed by atoms with Crippen molar-refractivity contribution >= 4 is 5.69 Å². The summed E-state index contributed by atoms with van der Waals surface area (Å²) >= 11 is 0. The Hall–Kier alpha value is -2.70. The molecule has 0 fully saturated rings. The van der Waals surface area contributed by atoms with Crippen molar-refractivity contribution in [3.63, 3.8) is 0 Å². The van der Waals surface area contributed by atoms with Crippen molar-refractivity contribution in [2.45, 2.75) is 12.6 Å². The van der Waals surface area contributed by atoms with Gasteiger partial charge in [0.05, 0.1) is 11.5 Å². The zero-order chi connectivity index (χ0) is 14.8. The van der Waals surface area contributed by atoms with Crippen molar-refractivity contribution in [1.82, 2.24) is 4.98 Å². The smallest absolute Gasteiger partial charge is 0.287 e. The minimum absolute atomic E-state index is 0.120. The van der Waals surface area contributed by atoms with E-state index >= 15 is 0 Å². The number of pyridine rings is 1. The highest BCUT2D eigenvalue weighted by molar-refractivity contribution is 5.44. The van der Waals surface area contributed by atoms with Crippen molar-refractivity contribution in [3.05, 3.63) is 52.2 Å². The molecule has 0 saturated carbocycles. The Kier molecular flexibility index (Phi) is 3.39. The van der Waals surface area contributed by atoms with Crippen LogP contribution in [0.5, 0.6) is 17.4 Å². The molecule has 1 aliphatic rings. The van der Waals surface area contributed by atoms with Crippen molar-refractivity contribution < 1.29 is 18.8 Å². The predicted molar refractivity (Wildman–Crippen MR) is 71.4 cm³/mol. The molecule has 2 aromatic rings. The van der Waals surface area contributed by atoms with Crippen LogP contribution in [-0.2, 0) is 0 Å². The van der Waals surface area contributed by atoms with Crippen molar-refractivity contribution in [2.24, 2.45) is 0 Å². The maximum absolute atomic E-state index is 13.8. The average Bonchev–Trinajstić information content (AvgIpc) is 2.49. The molecule has 0 radical (unpaired) electrons. The molecule has 0 bridgehead atoms. The first-order valence-corrected chi connectivity index (χ1v) is 6.32. The molecular weight excluding hydrogens is 279 g/mol. The molecule has 0 spiro atoms. The van der Waals surface area contributed by atoms with Crippen molar-refractivity contribution in [2.75, 3.05) is 6.61 Å². The molecule has 6 nitrogen and oxygen atoms in total. The van der Waals surface area contributed by atoms with Crippen LogP contribution in [-0.4, -0.2) is 16.5 Å². The first kappa shape index (κ1) is 13.3. The molecule has 0 saturated heterocycles. The van der Waals surface area contributed by atoms with Gasteiger partial charge in [-0.1, -0.05) is 0 Å². The molecule has 7 heteroatoms. The van der Waals surface area contributed by atoms with Crippen LogP contribution < -0.4 is 9.47 Å². The molecule has 1 unspecified atom stereocenters. The van der Waals surface area contributed by atoms with E-state index in [1.54, 1.807) is 18.2 Å². The summed E-state index contributed by atoms with van der Waals surface area (Å²) in [5.41, 5.74) is 0.325. The highest BCUT2D eigenvalue weighted by Crippen LogP contribution is 2.37. The van der Waals surface area contributed by atoms with Gasteiger partial charge in [-0.2, -0.15) is 0 Å². The van der Waals surface area contributed by atoms with Crippen LogP contribution in [0.2, 0.25) is 0 Å². The average molecular weight is 290 g/mol. The van der Waals surface area contributed by atoms with E-state index in [9.17, 15) is 14.5 Å². The Morgan fingerprint density at radius 1 is 1.38 bits per heavy atom. The summed E-state index contributed by atoms with van der Waals surface area (Å²) in [6.45, 7) is 0.359. The zero-order valence-corrected chi connectivity index (χ0v) is 10.9. The molecule has 21 heavy (non-hydrogen) atoms. The molecule has 0 aliphatic carbocycles. The summed E-state index contributed by atoms with van der Waals surface area (Å²) in [5, 5.41) is 10.5. The highest BCUT2D eigenvalue weighted by atomic mass is 19.1. The predicted octanol–water partition coefficient (Wildman–Crippen LogP) is 3.58. The zero-order valence-electron chi connectivity index (χ0n) is 10.9. The third-order valence-corrected chi connectivity index (χ3v) is 3.10. The number of ether oxygens (including phenoxy) is 2. The SMILES string of the molecule is O=[N+]([O-])c1ccc(Oc2ccc3c(c2)C(F)CCO3)nc1. The maximum atomic E-state index is 13.8. The van der Waals surface area contributed by atoms with Crippen molar-refractivity contribution in [1.29, 1.82) is 0 Å². The number of hydrogen-bond acceptors (Lipinski definition) is 5. The lowest BCUT2D eigenvalue weighted by Gasteiger charge is -2.21. The molecule has 108 valence electrons. The van der Waals surface area contributed by atoms with Gasteiger partial charge < -0.3 is 9.47 Å². The first-order valence-electron chi connectivity index (χ1n) is 6.32. The van der Waals surface area contributed by atoms with E-state index in [2.05, 4.69) is 4.98 Å². The van der Waals surface area contributed by atoms with Crippen LogP contribution >= 0.6 is 0 Å². The lowest BCUT2D eigenvalue weighted by molar-refractivity contribution is -0.385. The summed E-state index contributed by atoms with van der Waals surface area (Å²) in [4.78, 5) is 13.8. The van der Waals surface area contributed by atoms with E-state index in [0.29, 0.717) is 30.1 Å². The van der Waals surface area contributed by atoms with Crippen LogP contribution in [0.15, 0.2) is 36.5 Å². The van der Waals surface area contributed by atoms with Crippen LogP contribution in [0.1, 0.15) is 18.2 Å². The van der Waals surface area contributed by atoms with E-state index < -0.39 is 11.1 Å². The van der Waals surface area contributed by atoms with Gasteiger partial charge in [-0.05, 0) is 18.2 Å². The van der Waals surface area contributed by atoms with Gasteiger partial charge in [-0.3, -0.25) is 10.1 Å². The fraction of sp³-hybridized carbons (Fsp3) is 0.214. The minimum Gasteiger partial charge on any atom is -0.493 e. The fourth-order valence-corrected chi connectivity index (χ4v) is 2.06. The van der Waals surface area contributed by atoms with Gasteiger partial charge in [-0.15, -0.1) is 0 Å². The third kappa shape index (κ3) is 2.76.